The summed E-state index contributed by atoms with van der Waals surface area (Å²) in [6.07, 6.45) is 28.8. The molecule has 8 nitrogen and oxygen atoms in total. The maximum Gasteiger partial charge on any atom is 0.305 e. The Morgan fingerprint density at radius 2 is 1.10 bits per heavy atom. The van der Waals surface area contributed by atoms with Gasteiger partial charge in [-0.25, -0.2) is 0 Å². The van der Waals surface area contributed by atoms with Gasteiger partial charge in [0.15, 0.2) is 0 Å². The van der Waals surface area contributed by atoms with Crippen LogP contribution >= 0.6 is 0 Å². The monoisotopic (exact) mass is 695 g/mol. The number of Topliss-reactive ketones (excluding diaryl/α,β-unsaturated/α-hetero) is 1. The first kappa shape index (κ1) is 45.3. The summed E-state index contributed by atoms with van der Waals surface area (Å²) >= 11 is 0. The van der Waals surface area contributed by atoms with Gasteiger partial charge in [-0.05, 0) is 25.7 Å². The fraction of sp³-hybridized carbons (Fsp3) is 0.878. The van der Waals surface area contributed by atoms with Gasteiger partial charge in [-0.1, -0.05) is 154 Å². The van der Waals surface area contributed by atoms with Gasteiger partial charge in [-0.2, -0.15) is 0 Å². The van der Waals surface area contributed by atoms with Crippen molar-refractivity contribution in [3.8, 4) is 0 Å². The highest BCUT2D eigenvalue weighted by molar-refractivity contribution is 5.84. The molecule has 0 saturated heterocycles. The molecule has 3 N–H and O–H groups in total. The molecule has 0 bridgehead atoms. The zero-order valence-corrected chi connectivity index (χ0v) is 31.4. The van der Waals surface area contributed by atoms with Crippen molar-refractivity contribution in [2.75, 3.05) is 13.2 Å². The van der Waals surface area contributed by atoms with Gasteiger partial charge in [0.05, 0.1) is 12.2 Å². The molecule has 1 aliphatic carbocycles. The minimum Gasteiger partial charge on any atom is -0.463 e. The van der Waals surface area contributed by atoms with E-state index in [1.807, 2.05) is 6.08 Å². The minimum atomic E-state index is -1.03. The molecule has 49 heavy (non-hydrogen) atoms. The first-order valence-corrected chi connectivity index (χ1v) is 20.3. The van der Waals surface area contributed by atoms with Crippen LogP contribution in [0, 0.1) is 11.8 Å². The lowest BCUT2D eigenvalue weighted by atomic mass is 9.88. The standard InChI is InChI=1S/C41H74O8/c1-3-5-7-8-9-10-11-12-13-14-15-16-17-18-23-27-40(46)48-32-35(43)33-49-41(47)28-24-20-19-22-26-36-37(39(45)31-38(36)44)30-29-34(42)25-21-6-4-2/h29-30,34-37,39,42-43,45H,3-28,31-33H2,1-2H3/b30-29+/t34-,35+,36+,37+,39+/m0/s1. The Hall–Kier alpha value is -1.77. The molecule has 1 rings (SSSR count). The molecule has 1 aliphatic rings. The van der Waals surface area contributed by atoms with E-state index in [9.17, 15) is 29.7 Å². The number of aliphatic hydroxyl groups is 3. The molecule has 5 atom stereocenters. The maximum atomic E-state index is 12.5. The van der Waals surface area contributed by atoms with Crippen LogP contribution in [0.4, 0.5) is 0 Å². The SMILES string of the molecule is CCCCCCCCCCCCCCCCCC(=O)OC[C@@H](O)COC(=O)CCCCCC[C@H]1C(=O)C[C@@H](O)[C@@H]1/C=C/[C@@H](O)CCCCC. The van der Waals surface area contributed by atoms with Crippen molar-refractivity contribution in [1.82, 2.24) is 0 Å². The second-order valence-electron chi connectivity index (χ2n) is 14.5. The second kappa shape index (κ2) is 31.0. The minimum absolute atomic E-state index is 0.0838. The van der Waals surface area contributed by atoms with Crippen LogP contribution in [0.3, 0.4) is 0 Å². The van der Waals surface area contributed by atoms with Crippen molar-refractivity contribution < 1.29 is 39.2 Å². The lowest BCUT2D eigenvalue weighted by Crippen LogP contribution is -2.25. The Kier molecular flexibility index (Phi) is 28.6. The Labute approximate surface area is 299 Å². The number of unbranched alkanes of at least 4 members (excludes halogenated alkanes) is 19. The van der Waals surface area contributed by atoms with E-state index in [0.717, 1.165) is 57.8 Å². The second-order valence-corrected chi connectivity index (χ2v) is 14.5. The molecule has 286 valence electrons. The van der Waals surface area contributed by atoms with Crippen LogP contribution in [0.2, 0.25) is 0 Å². The summed E-state index contributed by atoms with van der Waals surface area (Å²) in [7, 11) is 0. The van der Waals surface area contributed by atoms with Gasteiger partial charge in [-0.15, -0.1) is 0 Å². The third-order valence-electron chi connectivity index (χ3n) is 9.90. The molecule has 0 aromatic carbocycles. The first-order chi connectivity index (χ1) is 23.8. The molecule has 0 heterocycles. The quantitative estimate of drug-likeness (QED) is 0.0352. The molecule has 1 fully saturated rings. The number of rotatable bonds is 33. The summed E-state index contributed by atoms with van der Waals surface area (Å²) in [5.41, 5.74) is 0. The summed E-state index contributed by atoms with van der Waals surface area (Å²) in [6.45, 7) is 4.01. The lowest BCUT2D eigenvalue weighted by molar-refractivity contribution is -0.152. The van der Waals surface area contributed by atoms with E-state index < -0.39 is 18.3 Å². The summed E-state index contributed by atoms with van der Waals surface area (Å²) in [5, 5.41) is 30.6. The Balaban J connectivity index is 2.00. The molecule has 0 aromatic heterocycles. The summed E-state index contributed by atoms with van der Waals surface area (Å²) in [6, 6.07) is 0. The Bertz CT molecular complexity index is 858. The number of ketones is 1. The Morgan fingerprint density at radius 3 is 1.59 bits per heavy atom. The van der Waals surface area contributed by atoms with Crippen LogP contribution < -0.4 is 0 Å². The van der Waals surface area contributed by atoms with E-state index in [4.69, 9.17) is 9.47 Å². The molecular weight excluding hydrogens is 620 g/mol. The van der Waals surface area contributed by atoms with Gasteiger partial charge in [-0.3, -0.25) is 14.4 Å². The van der Waals surface area contributed by atoms with Gasteiger partial charge in [0.2, 0.25) is 0 Å². The van der Waals surface area contributed by atoms with E-state index in [1.165, 1.54) is 77.0 Å². The van der Waals surface area contributed by atoms with Crippen LogP contribution in [0.5, 0.6) is 0 Å². The normalized spacial score (nSPS) is 19.0. The van der Waals surface area contributed by atoms with Gasteiger partial charge >= 0.3 is 11.9 Å². The third kappa shape index (κ3) is 24.9. The van der Waals surface area contributed by atoms with Crippen molar-refractivity contribution in [2.45, 2.75) is 206 Å². The third-order valence-corrected chi connectivity index (χ3v) is 9.90. The molecule has 1 saturated carbocycles. The molecule has 8 heteroatoms. The van der Waals surface area contributed by atoms with Crippen LogP contribution in [0.25, 0.3) is 0 Å². The number of hydrogen-bond acceptors (Lipinski definition) is 8. The number of carbonyl (C=O) groups is 3. The average molecular weight is 695 g/mol. The highest BCUT2D eigenvalue weighted by Gasteiger charge is 2.39. The molecule has 0 spiro atoms. The fourth-order valence-corrected chi connectivity index (χ4v) is 6.75. The van der Waals surface area contributed by atoms with Crippen LogP contribution in [0.1, 0.15) is 187 Å². The summed E-state index contributed by atoms with van der Waals surface area (Å²) in [4.78, 5) is 36.5. The summed E-state index contributed by atoms with van der Waals surface area (Å²) in [5.74, 6) is -1.10. The maximum absolute atomic E-state index is 12.5. The molecule has 0 radical (unpaired) electrons. The van der Waals surface area contributed by atoms with Gasteiger partial charge < -0.3 is 24.8 Å². The van der Waals surface area contributed by atoms with Crippen LogP contribution in [-0.2, 0) is 23.9 Å². The Morgan fingerprint density at radius 1 is 0.673 bits per heavy atom. The molecular formula is C41H74O8. The number of hydrogen-bond donors (Lipinski definition) is 3. The molecule has 0 amide bonds. The number of esters is 2. The smallest absolute Gasteiger partial charge is 0.305 e. The largest absolute Gasteiger partial charge is 0.463 e. The van der Waals surface area contributed by atoms with Crippen LogP contribution in [-0.4, -0.2) is 64.6 Å². The van der Waals surface area contributed by atoms with Crippen molar-refractivity contribution in [1.29, 1.82) is 0 Å². The number of ether oxygens (including phenoxy) is 2. The van der Waals surface area contributed by atoms with Gasteiger partial charge in [0.1, 0.15) is 25.1 Å². The lowest BCUT2D eigenvalue weighted by Gasteiger charge is -2.18. The average Bonchev–Trinajstić information content (AvgIpc) is 3.35. The van der Waals surface area contributed by atoms with Gasteiger partial charge in [0, 0.05) is 31.1 Å². The zero-order valence-electron chi connectivity index (χ0n) is 31.4. The first-order valence-electron chi connectivity index (χ1n) is 20.3. The van der Waals surface area contributed by atoms with E-state index >= 15 is 0 Å². The zero-order chi connectivity index (χ0) is 36.0. The van der Waals surface area contributed by atoms with Crippen molar-refractivity contribution in [3.05, 3.63) is 12.2 Å². The molecule has 0 aromatic rings. The molecule has 0 unspecified atom stereocenters. The predicted molar refractivity (Wildman–Crippen MR) is 197 cm³/mol. The van der Waals surface area contributed by atoms with E-state index in [2.05, 4.69) is 13.8 Å². The van der Waals surface area contributed by atoms with E-state index in [1.54, 1.807) is 6.08 Å². The number of aliphatic hydroxyl groups excluding tert-OH is 3. The number of carbonyl (C=O) groups excluding carboxylic acids is 3. The fourth-order valence-electron chi connectivity index (χ4n) is 6.75. The van der Waals surface area contributed by atoms with Crippen molar-refractivity contribution >= 4 is 17.7 Å². The van der Waals surface area contributed by atoms with E-state index in [0.29, 0.717) is 25.7 Å². The highest BCUT2D eigenvalue weighted by atomic mass is 16.6. The van der Waals surface area contributed by atoms with Gasteiger partial charge in [0.25, 0.3) is 0 Å². The topological polar surface area (TPSA) is 130 Å². The molecule has 0 aliphatic heterocycles. The van der Waals surface area contributed by atoms with Crippen LogP contribution in [0.15, 0.2) is 12.2 Å². The van der Waals surface area contributed by atoms with E-state index in [-0.39, 0.29) is 55.6 Å². The van der Waals surface area contributed by atoms with Crippen molar-refractivity contribution in [3.63, 3.8) is 0 Å². The predicted octanol–water partition coefficient (Wildman–Crippen LogP) is 9.10. The highest BCUT2D eigenvalue weighted by Crippen LogP contribution is 2.34. The van der Waals surface area contributed by atoms with Crippen molar-refractivity contribution in [2.24, 2.45) is 11.8 Å². The summed E-state index contributed by atoms with van der Waals surface area (Å²) < 4.78 is 10.3.